The molecule has 0 radical (unpaired) electrons. The summed E-state index contributed by atoms with van der Waals surface area (Å²) in [5.41, 5.74) is 1.04. The SMILES string of the molecule is CC(C)(C)C1(C(=O)O)CC1c1ccc(N2CCCC2=O)cc1. The largest absolute Gasteiger partial charge is 0.481 e. The van der Waals surface area contributed by atoms with Crippen LogP contribution in [-0.2, 0) is 9.59 Å². The average Bonchev–Trinajstić information content (AvgIpc) is 3.09. The highest BCUT2D eigenvalue weighted by Gasteiger charge is 2.67. The number of benzene rings is 1. The van der Waals surface area contributed by atoms with Gasteiger partial charge in [-0.05, 0) is 36.0 Å². The number of amides is 1. The minimum absolute atomic E-state index is 0.0633. The Bertz CT molecular complexity index is 614. The first-order chi connectivity index (χ1) is 10.3. The van der Waals surface area contributed by atoms with Crippen LogP contribution in [0.15, 0.2) is 24.3 Å². The van der Waals surface area contributed by atoms with E-state index in [1.807, 2.05) is 49.9 Å². The molecule has 1 amide bonds. The number of carboxylic acids is 1. The lowest BCUT2D eigenvalue weighted by molar-refractivity contribution is -0.148. The van der Waals surface area contributed by atoms with Crippen LogP contribution in [0.25, 0.3) is 0 Å². The molecule has 2 fully saturated rings. The minimum Gasteiger partial charge on any atom is -0.481 e. The molecule has 2 unspecified atom stereocenters. The summed E-state index contributed by atoms with van der Waals surface area (Å²) in [5.74, 6) is -0.467. The first-order valence-corrected chi connectivity index (χ1v) is 7.91. The summed E-state index contributed by atoms with van der Waals surface area (Å²) in [6.45, 7) is 6.78. The van der Waals surface area contributed by atoms with Crippen molar-refractivity contribution in [2.45, 2.75) is 46.0 Å². The predicted octanol–water partition coefficient (Wildman–Crippen LogP) is 3.42. The Hall–Kier alpha value is -1.84. The molecule has 1 aliphatic carbocycles. The Balaban J connectivity index is 1.83. The lowest BCUT2D eigenvalue weighted by atomic mass is 9.75. The second-order valence-corrected chi connectivity index (χ2v) is 7.52. The van der Waals surface area contributed by atoms with Gasteiger partial charge < -0.3 is 10.0 Å². The first-order valence-electron chi connectivity index (χ1n) is 7.91. The van der Waals surface area contributed by atoms with Crippen LogP contribution in [0.4, 0.5) is 5.69 Å². The zero-order valence-electron chi connectivity index (χ0n) is 13.4. The molecular formula is C18H23NO3. The monoisotopic (exact) mass is 301 g/mol. The van der Waals surface area contributed by atoms with Gasteiger partial charge in [0.2, 0.25) is 5.91 Å². The third-order valence-electron chi connectivity index (χ3n) is 5.36. The van der Waals surface area contributed by atoms with E-state index in [-0.39, 0.29) is 17.2 Å². The van der Waals surface area contributed by atoms with Crippen molar-refractivity contribution in [1.82, 2.24) is 0 Å². The van der Waals surface area contributed by atoms with Crippen molar-refractivity contribution in [1.29, 1.82) is 0 Å². The van der Waals surface area contributed by atoms with Gasteiger partial charge in [0.1, 0.15) is 0 Å². The molecule has 1 aromatic rings. The predicted molar refractivity (Wildman–Crippen MR) is 84.9 cm³/mol. The summed E-state index contributed by atoms with van der Waals surface area (Å²) in [4.78, 5) is 25.4. The number of aliphatic carboxylic acids is 1. The number of nitrogens with zero attached hydrogens (tertiary/aromatic N) is 1. The quantitative estimate of drug-likeness (QED) is 0.930. The van der Waals surface area contributed by atoms with Crippen molar-refractivity contribution in [2.24, 2.45) is 10.8 Å². The number of carboxylic acid groups (broad SMARTS) is 1. The summed E-state index contributed by atoms with van der Waals surface area (Å²) >= 11 is 0. The van der Waals surface area contributed by atoms with Gasteiger partial charge in [-0.1, -0.05) is 32.9 Å². The molecule has 3 rings (SSSR count). The fourth-order valence-corrected chi connectivity index (χ4v) is 3.86. The van der Waals surface area contributed by atoms with Gasteiger partial charge in [0.25, 0.3) is 0 Å². The third-order valence-corrected chi connectivity index (χ3v) is 5.36. The molecule has 2 aliphatic rings. The fraction of sp³-hybridized carbons (Fsp3) is 0.556. The topological polar surface area (TPSA) is 57.6 Å². The van der Waals surface area contributed by atoms with Gasteiger partial charge >= 0.3 is 5.97 Å². The maximum atomic E-state index is 11.8. The van der Waals surface area contributed by atoms with Crippen LogP contribution in [-0.4, -0.2) is 23.5 Å². The molecule has 118 valence electrons. The van der Waals surface area contributed by atoms with Crippen molar-refractivity contribution in [3.63, 3.8) is 0 Å². The Morgan fingerprint density at radius 1 is 1.27 bits per heavy atom. The molecule has 22 heavy (non-hydrogen) atoms. The van der Waals surface area contributed by atoms with Gasteiger partial charge in [0.05, 0.1) is 5.41 Å². The number of carbonyl (C=O) groups is 2. The van der Waals surface area contributed by atoms with E-state index >= 15 is 0 Å². The molecule has 0 bridgehead atoms. The molecule has 1 heterocycles. The smallest absolute Gasteiger partial charge is 0.310 e. The Morgan fingerprint density at radius 2 is 1.91 bits per heavy atom. The van der Waals surface area contributed by atoms with E-state index in [1.165, 1.54) is 0 Å². The Morgan fingerprint density at radius 3 is 2.32 bits per heavy atom. The van der Waals surface area contributed by atoms with Crippen LogP contribution in [0.5, 0.6) is 0 Å². The molecule has 1 saturated heterocycles. The Labute approximate surface area is 131 Å². The van der Waals surface area contributed by atoms with Crippen LogP contribution < -0.4 is 4.90 Å². The number of carbonyl (C=O) groups excluding carboxylic acids is 1. The molecule has 2 atom stereocenters. The van der Waals surface area contributed by atoms with E-state index in [0.29, 0.717) is 12.8 Å². The van der Waals surface area contributed by atoms with Crippen molar-refractivity contribution in [3.05, 3.63) is 29.8 Å². The van der Waals surface area contributed by atoms with E-state index in [2.05, 4.69) is 0 Å². The molecule has 1 saturated carbocycles. The lowest BCUT2D eigenvalue weighted by Crippen LogP contribution is -2.32. The highest BCUT2D eigenvalue weighted by atomic mass is 16.4. The van der Waals surface area contributed by atoms with E-state index in [4.69, 9.17) is 0 Å². The summed E-state index contributed by atoms with van der Waals surface area (Å²) in [6.07, 6.45) is 2.22. The van der Waals surface area contributed by atoms with Crippen molar-refractivity contribution in [3.8, 4) is 0 Å². The summed E-state index contributed by atoms with van der Waals surface area (Å²) in [7, 11) is 0. The zero-order valence-corrected chi connectivity index (χ0v) is 13.4. The van der Waals surface area contributed by atoms with Crippen LogP contribution >= 0.6 is 0 Å². The average molecular weight is 301 g/mol. The maximum Gasteiger partial charge on any atom is 0.310 e. The van der Waals surface area contributed by atoms with Gasteiger partial charge in [-0.15, -0.1) is 0 Å². The minimum atomic E-state index is -0.705. The van der Waals surface area contributed by atoms with Gasteiger partial charge in [-0.25, -0.2) is 0 Å². The second kappa shape index (κ2) is 4.83. The summed E-state index contributed by atoms with van der Waals surface area (Å²) < 4.78 is 0. The van der Waals surface area contributed by atoms with Crippen LogP contribution in [0.2, 0.25) is 0 Å². The highest BCUT2D eigenvalue weighted by Crippen LogP contribution is 2.68. The molecule has 0 spiro atoms. The lowest BCUT2D eigenvalue weighted by Gasteiger charge is -2.28. The zero-order chi connectivity index (χ0) is 16.1. The van der Waals surface area contributed by atoms with E-state index in [1.54, 1.807) is 0 Å². The molecular weight excluding hydrogens is 278 g/mol. The van der Waals surface area contributed by atoms with Gasteiger partial charge in [0, 0.05) is 24.6 Å². The standard InChI is InChI=1S/C18H23NO3/c1-17(2,3)18(16(21)22)11-14(18)12-6-8-13(9-7-12)19-10-4-5-15(19)20/h6-9,14H,4-5,10-11H2,1-3H3,(H,21,22). The number of hydrogen-bond acceptors (Lipinski definition) is 2. The summed E-state index contributed by atoms with van der Waals surface area (Å²) in [6, 6.07) is 7.88. The third kappa shape index (κ3) is 2.13. The van der Waals surface area contributed by atoms with Crippen molar-refractivity contribution in [2.75, 3.05) is 11.4 Å². The van der Waals surface area contributed by atoms with Crippen LogP contribution in [0.3, 0.4) is 0 Å². The fourth-order valence-electron chi connectivity index (χ4n) is 3.86. The molecule has 4 nitrogen and oxygen atoms in total. The molecule has 1 aliphatic heterocycles. The normalized spacial score (nSPS) is 28.0. The maximum absolute atomic E-state index is 11.8. The Kier molecular flexibility index (Phi) is 3.31. The number of hydrogen-bond donors (Lipinski definition) is 1. The van der Waals surface area contributed by atoms with Crippen LogP contribution in [0.1, 0.15) is 51.5 Å². The molecule has 4 heteroatoms. The second-order valence-electron chi connectivity index (χ2n) is 7.52. The summed E-state index contributed by atoms with van der Waals surface area (Å²) in [5, 5.41) is 9.68. The van der Waals surface area contributed by atoms with E-state index < -0.39 is 11.4 Å². The van der Waals surface area contributed by atoms with E-state index in [9.17, 15) is 14.7 Å². The number of anilines is 1. The van der Waals surface area contributed by atoms with Gasteiger partial charge in [0.15, 0.2) is 0 Å². The van der Waals surface area contributed by atoms with Gasteiger partial charge in [-0.3, -0.25) is 9.59 Å². The molecule has 1 aromatic carbocycles. The van der Waals surface area contributed by atoms with Crippen molar-refractivity contribution >= 4 is 17.6 Å². The van der Waals surface area contributed by atoms with Gasteiger partial charge in [-0.2, -0.15) is 0 Å². The number of rotatable bonds is 3. The van der Waals surface area contributed by atoms with Crippen molar-refractivity contribution < 1.29 is 14.7 Å². The molecule has 0 aromatic heterocycles. The van der Waals surface area contributed by atoms with E-state index in [0.717, 1.165) is 24.2 Å². The highest BCUT2D eigenvalue weighted by molar-refractivity contribution is 5.95. The van der Waals surface area contributed by atoms with Crippen LogP contribution in [0, 0.1) is 10.8 Å². The molecule has 1 N–H and O–H groups in total. The first kappa shape index (κ1) is 15.1.